The number of fused-ring (bicyclic) bond motifs is 2. The number of terminal acetylenes is 1. The molecule has 4 rings (SSSR count). The molecule has 2 aliphatic heterocycles. The van der Waals surface area contributed by atoms with Gasteiger partial charge in [-0.15, -0.1) is 12.8 Å². The largest absolute Gasteiger partial charge is 0.503 e. The predicted octanol–water partition coefficient (Wildman–Crippen LogP) is 0.398. The molecule has 1 aromatic carbocycles. The fraction of sp³-hybridized carbons (Fsp3) is 0.304. The first-order chi connectivity index (χ1) is 15.9. The Labute approximate surface area is 190 Å². The van der Waals surface area contributed by atoms with Crippen LogP contribution in [0.5, 0.6) is 5.75 Å². The summed E-state index contributed by atoms with van der Waals surface area (Å²) in [6.45, 7) is 2.52. The Morgan fingerprint density at radius 1 is 1.18 bits per heavy atom. The van der Waals surface area contributed by atoms with Crippen LogP contribution >= 0.6 is 0 Å². The van der Waals surface area contributed by atoms with E-state index in [0.29, 0.717) is 13.0 Å². The Balaban J connectivity index is 0.00000149. The molecule has 1 saturated heterocycles. The van der Waals surface area contributed by atoms with Crippen LogP contribution in [0.3, 0.4) is 0 Å². The van der Waals surface area contributed by atoms with Crippen LogP contribution in [0.1, 0.15) is 39.8 Å². The van der Waals surface area contributed by atoms with E-state index in [1.807, 2.05) is 13.0 Å². The Hall–Kier alpha value is -4.10. The summed E-state index contributed by atoms with van der Waals surface area (Å²) in [6.07, 6.45) is 9.34. The molecule has 0 radical (unpaired) electrons. The number of hydrogen-bond acceptors (Lipinski definition) is 6. The fourth-order valence-electron chi connectivity index (χ4n) is 3.84. The van der Waals surface area contributed by atoms with Gasteiger partial charge in [-0.1, -0.05) is 30.3 Å². The van der Waals surface area contributed by atoms with Gasteiger partial charge in [0.2, 0.25) is 11.3 Å². The SMILES string of the molecule is C#C.C[C@@H]1CCOC2Cn3cc(C(=O)NNC(=O)Cc4ccccc4)c(=O)c(O)c3C(=O)N21. The van der Waals surface area contributed by atoms with Crippen LogP contribution in [0.15, 0.2) is 41.3 Å². The van der Waals surface area contributed by atoms with Crippen molar-refractivity contribution in [3.05, 3.63) is 63.6 Å². The van der Waals surface area contributed by atoms with Crippen LogP contribution < -0.4 is 16.3 Å². The number of amides is 3. The summed E-state index contributed by atoms with van der Waals surface area (Å²) < 4.78 is 7.00. The van der Waals surface area contributed by atoms with Crippen molar-refractivity contribution < 1.29 is 24.2 Å². The number of carbonyl (C=O) groups excluding carboxylic acids is 3. The van der Waals surface area contributed by atoms with Gasteiger partial charge in [-0.2, -0.15) is 0 Å². The standard InChI is InChI=1S/C21H22N4O6.C2H2/c1-12-7-8-31-16-11-24-10-14(18(27)19(28)17(24)21(30)25(12)16)20(29)23-22-15(26)9-13-5-3-2-4-6-13;1-2/h2-6,10,12,16,28H,7-9,11H2,1H3,(H,22,26)(H,23,29);1-2H/t12-,16?;/m1./s1. The molecular formula is C23H24N4O6. The van der Waals surface area contributed by atoms with Gasteiger partial charge in [0.25, 0.3) is 11.8 Å². The second-order valence-electron chi connectivity index (χ2n) is 7.56. The molecule has 3 N–H and O–H groups in total. The van der Waals surface area contributed by atoms with E-state index in [0.717, 1.165) is 5.56 Å². The highest BCUT2D eigenvalue weighted by molar-refractivity contribution is 5.99. The number of hydrazine groups is 1. The zero-order valence-corrected chi connectivity index (χ0v) is 18.0. The highest BCUT2D eigenvalue weighted by Crippen LogP contribution is 2.29. The normalized spacial score (nSPS) is 18.8. The van der Waals surface area contributed by atoms with Gasteiger partial charge < -0.3 is 19.3 Å². The van der Waals surface area contributed by atoms with Crippen LogP contribution in [-0.2, 0) is 22.5 Å². The van der Waals surface area contributed by atoms with E-state index < -0.39 is 40.7 Å². The van der Waals surface area contributed by atoms with Crippen LogP contribution in [0.25, 0.3) is 0 Å². The van der Waals surface area contributed by atoms with Crippen LogP contribution in [-0.4, -0.2) is 51.2 Å². The zero-order valence-electron chi connectivity index (χ0n) is 18.0. The number of ether oxygens (including phenoxy) is 1. The van der Waals surface area contributed by atoms with E-state index in [9.17, 15) is 24.3 Å². The average Bonchev–Trinajstić information content (AvgIpc) is 2.81. The van der Waals surface area contributed by atoms with Gasteiger partial charge in [-0.25, -0.2) is 0 Å². The predicted molar refractivity (Wildman–Crippen MR) is 118 cm³/mol. The number of carbonyl (C=O) groups is 3. The number of hydrogen-bond donors (Lipinski definition) is 3. The number of aromatic hydroxyl groups is 1. The zero-order chi connectivity index (χ0) is 24.1. The third-order valence-corrected chi connectivity index (χ3v) is 5.44. The third-order valence-electron chi connectivity index (χ3n) is 5.44. The summed E-state index contributed by atoms with van der Waals surface area (Å²) in [5, 5.41) is 10.4. The van der Waals surface area contributed by atoms with Crippen molar-refractivity contribution in [1.82, 2.24) is 20.3 Å². The molecule has 0 aliphatic carbocycles. The van der Waals surface area contributed by atoms with Gasteiger partial charge in [-0.3, -0.25) is 30.0 Å². The molecule has 0 bridgehead atoms. The molecule has 0 spiro atoms. The molecule has 10 heteroatoms. The average molecular weight is 452 g/mol. The Morgan fingerprint density at radius 2 is 1.88 bits per heavy atom. The van der Waals surface area contributed by atoms with Crippen LogP contribution in [0.2, 0.25) is 0 Å². The number of pyridine rings is 1. The first kappa shape index (κ1) is 23.6. The van der Waals surface area contributed by atoms with Crippen molar-refractivity contribution in [3.8, 4) is 18.6 Å². The van der Waals surface area contributed by atoms with Gasteiger partial charge >= 0.3 is 0 Å². The lowest BCUT2D eigenvalue weighted by atomic mass is 10.1. The molecule has 1 fully saturated rings. The second kappa shape index (κ2) is 10.0. The molecule has 10 nitrogen and oxygen atoms in total. The number of nitrogens with zero attached hydrogens (tertiary/aromatic N) is 2. The molecule has 172 valence electrons. The fourth-order valence-corrected chi connectivity index (χ4v) is 3.84. The summed E-state index contributed by atoms with van der Waals surface area (Å²) >= 11 is 0. The van der Waals surface area contributed by atoms with Crippen molar-refractivity contribution in [1.29, 1.82) is 0 Å². The summed E-state index contributed by atoms with van der Waals surface area (Å²) in [5.74, 6) is -2.70. The number of rotatable bonds is 3. The maximum Gasteiger partial charge on any atom is 0.276 e. The highest BCUT2D eigenvalue weighted by Gasteiger charge is 2.41. The first-order valence-corrected chi connectivity index (χ1v) is 10.2. The molecule has 2 atom stereocenters. The number of aromatic nitrogens is 1. The van der Waals surface area contributed by atoms with Gasteiger partial charge in [0, 0.05) is 12.2 Å². The van der Waals surface area contributed by atoms with Crippen molar-refractivity contribution in [2.75, 3.05) is 6.61 Å². The maximum atomic E-state index is 12.9. The van der Waals surface area contributed by atoms with Crippen LogP contribution in [0.4, 0.5) is 0 Å². The van der Waals surface area contributed by atoms with E-state index in [1.165, 1.54) is 15.7 Å². The number of nitrogens with one attached hydrogen (secondary N) is 2. The molecule has 2 aromatic rings. The summed E-state index contributed by atoms with van der Waals surface area (Å²) in [4.78, 5) is 51.5. The quantitative estimate of drug-likeness (QED) is 0.457. The van der Waals surface area contributed by atoms with E-state index in [2.05, 4.69) is 23.7 Å². The minimum atomic E-state index is -0.988. The molecule has 3 amide bonds. The Morgan fingerprint density at radius 3 is 2.58 bits per heavy atom. The molecule has 3 heterocycles. The Kier molecular flexibility index (Phi) is 7.15. The van der Waals surface area contributed by atoms with Crippen molar-refractivity contribution in [2.24, 2.45) is 0 Å². The van der Waals surface area contributed by atoms with Crippen molar-refractivity contribution >= 4 is 17.7 Å². The van der Waals surface area contributed by atoms with Gasteiger partial charge in [0.15, 0.2) is 17.7 Å². The van der Waals surface area contributed by atoms with E-state index in [-0.39, 0.29) is 24.7 Å². The molecule has 1 aromatic heterocycles. The summed E-state index contributed by atoms with van der Waals surface area (Å²) in [6, 6.07) is 8.83. The monoisotopic (exact) mass is 452 g/mol. The highest BCUT2D eigenvalue weighted by atomic mass is 16.5. The van der Waals surface area contributed by atoms with Gasteiger partial charge in [0.1, 0.15) is 5.56 Å². The minimum Gasteiger partial charge on any atom is -0.503 e. The first-order valence-electron chi connectivity index (χ1n) is 10.2. The van der Waals surface area contributed by atoms with E-state index in [4.69, 9.17) is 4.74 Å². The summed E-state index contributed by atoms with van der Waals surface area (Å²) in [7, 11) is 0. The van der Waals surface area contributed by atoms with Crippen LogP contribution in [0, 0.1) is 12.8 Å². The third kappa shape index (κ3) is 4.73. The topological polar surface area (TPSA) is 130 Å². The molecular weight excluding hydrogens is 428 g/mol. The van der Waals surface area contributed by atoms with Gasteiger partial charge in [-0.05, 0) is 18.9 Å². The molecule has 1 unspecified atom stereocenters. The smallest absolute Gasteiger partial charge is 0.276 e. The van der Waals surface area contributed by atoms with E-state index in [1.54, 1.807) is 24.3 Å². The molecule has 0 saturated carbocycles. The minimum absolute atomic E-state index is 0.0388. The maximum absolute atomic E-state index is 12.9. The number of benzene rings is 1. The molecule has 2 aliphatic rings. The molecule has 33 heavy (non-hydrogen) atoms. The lowest BCUT2D eigenvalue weighted by Gasteiger charge is -2.44. The van der Waals surface area contributed by atoms with Crippen molar-refractivity contribution in [3.63, 3.8) is 0 Å². The van der Waals surface area contributed by atoms with Crippen molar-refractivity contribution in [2.45, 2.75) is 38.6 Å². The lowest BCUT2D eigenvalue weighted by molar-refractivity contribution is -0.121. The van der Waals surface area contributed by atoms with E-state index >= 15 is 0 Å². The Bertz CT molecular complexity index is 1140. The van der Waals surface area contributed by atoms with Gasteiger partial charge in [0.05, 0.1) is 19.6 Å². The lowest BCUT2D eigenvalue weighted by Crippen LogP contribution is -2.57. The second-order valence-corrected chi connectivity index (χ2v) is 7.56. The summed E-state index contributed by atoms with van der Waals surface area (Å²) in [5.41, 5.74) is 3.62.